The van der Waals surface area contributed by atoms with Gasteiger partial charge in [-0.25, -0.2) is 13.2 Å². The molecule has 1 aromatic carbocycles. The van der Waals surface area contributed by atoms with Crippen LogP contribution in [0.1, 0.15) is 33.1 Å². The van der Waals surface area contributed by atoms with Gasteiger partial charge in [0, 0.05) is 18.2 Å². The quantitative estimate of drug-likeness (QED) is 0.883. The molecule has 1 aliphatic heterocycles. The average molecular weight is 300 g/mol. The molecule has 2 rings (SSSR count). The second kappa shape index (κ2) is 7.16. The second-order valence-corrected chi connectivity index (χ2v) is 5.86. The van der Waals surface area contributed by atoms with Crippen LogP contribution in [-0.2, 0) is 0 Å². The maximum absolute atomic E-state index is 13.7. The minimum atomic E-state index is -0.893. The zero-order valence-electron chi connectivity index (χ0n) is 12.6. The molecule has 0 amide bonds. The Bertz CT molecular complexity index is 448. The minimum absolute atomic E-state index is 0.0387. The van der Waals surface area contributed by atoms with E-state index in [2.05, 4.69) is 17.1 Å². The summed E-state index contributed by atoms with van der Waals surface area (Å²) in [5.41, 5.74) is -0.222. The number of anilines is 1. The summed E-state index contributed by atoms with van der Waals surface area (Å²) >= 11 is 0. The van der Waals surface area contributed by atoms with Crippen LogP contribution in [0.25, 0.3) is 0 Å². The molecule has 0 spiro atoms. The third-order valence-electron chi connectivity index (χ3n) is 4.26. The van der Waals surface area contributed by atoms with E-state index in [1.807, 2.05) is 6.92 Å². The third kappa shape index (κ3) is 4.13. The van der Waals surface area contributed by atoms with E-state index in [4.69, 9.17) is 0 Å². The van der Waals surface area contributed by atoms with Crippen molar-refractivity contribution >= 4 is 5.69 Å². The highest BCUT2D eigenvalue weighted by Crippen LogP contribution is 2.26. The van der Waals surface area contributed by atoms with Crippen molar-refractivity contribution in [3.63, 3.8) is 0 Å². The van der Waals surface area contributed by atoms with Gasteiger partial charge in [0.25, 0.3) is 0 Å². The molecule has 21 heavy (non-hydrogen) atoms. The van der Waals surface area contributed by atoms with Crippen molar-refractivity contribution in [1.29, 1.82) is 0 Å². The van der Waals surface area contributed by atoms with Gasteiger partial charge in [-0.15, -0.1) is 0 Å². The molecule has 1 N–H and O–H groups in total. The Kier molecular flexibility index (Phi) is 5.51. The zero-order chi connectivity index (χ0) is 15.4. The first-order valence-electron chi connectivity index (χ1n) is 7.64. The van der Waals surface area contributed by atoms with E-state index < -0.39 is 17.5 Å². The van der Waals surface area contributed by atoms with Crippen LogP contribution in [0, 0.1) is 23.4 Å². The third-order valence-corrected chi connectivity index (χ3v) is 4.26. The van der Waals surface area contributed by atoms with Crippen LogP contribution < -0.4 is 5.32 Å². The molecular formula is C16H23F3N2. The van der Waals surface area contributed by atoms with Gasteiger partial charge in [-0.3, -0.25) is 0 Å². The van der Waals surface area contributed by atoms with E-state index in [0.29, 0.717) is 18.1 Å². The molecule has 1 atom stereocenters. The number of likely N-dealkylation sites (tertiary alicyclic amines) is 1. The number of rotatable bonds is 5. The average Bonchev–Trinajstić information content (AvgIpc) is 2.43. The molecule has 118 valence electrons. The fourth-order valence-electron chi connectivity index (χ4n) is 3.02. The molecule has 2 nitrogen and oxygen atoms in total. The van der Waals surface area contributed by atoms with Gasteiger partial charge >= 0.3 is 0 Å². The lowest BCUT2D eigenvalue weighted by molar-refractivity contribution is 0.176. The lowest BCUT2D eigenvalue weighted by atomic mass is 9.90. The largest absolute Gasteiger partial charge is 0.378 e. The highest BCUT2D eigenvalue weighted by atomic mass is 19.1. The Morgan fingerprint density at radius 2 is 1.76 bits per heavy atom. The van der Waals surface area contributed by atoms with Crippen LogP contribution in [-0.4, -0.2) is 30.6 Å². The maximum Gasteiger partial charge on any atom is 0.152 e. The Morgan fingerprint density at radius 3 is 2.29 bits per heavy atom. The van der Waals surface area contributed by atoms with Crippen LogP contribution in [0.3, 0.4) is 0 Å². The molecule has 1 heterocycles. The Morgan fingerprint density at radius 1 is 1.19 bits per heavy atom. The minimum Gasteiger partial charge on any atom is -0.378 e. The molecule has 0 aliphatic carbocycles. The van der Waals surface area contributed by atoms with E-state index in [1.54, 1.807) is 0 Å². The molecule has 0 bridgehead atoms. The number of benzene rings is 1. The Balaban J connectivity index is 1.95. The van der Waals surface area contributed by atoms with Gasteiger partial charge in [-0.2, -0.15) is 0 Å². The molecule has 0 saturated carbocycles. The van der Waals surface area contributed by atoms with Gasteiger partial charge in [-0.05, 0) is 51.7 Å². The first-order valence-corrected chi connectivity index (χ1v) is 7.64. The fourth-order valence-corrected chi connectivity index (χ4v) is 3.02. The lowest BCUT2D eigenvalue weighted by Crippen LogP contribution is -2.39. The molecular weight excluding hydrogens is 277 g/mol. The predicted octanol–water partition coefficient (Wildman–Crippen LogP) is 4.03. The first kappa shape index (κ1) is 16.1. The first-order chi connectivity index (χ1) is 10.0. The van der Waals surface area contributed by atoms with Gasteiger partial charge in [0.15, 0.2) is 11.6 Å². The summed E-state index contributed by atoms with van der Waals surface area (Å²) in [6.07, 6.45) is 3.17. The van der Waals surface area contributed by atoms with Gasteiger partial charge < -0.3 is 10.2 Å². The van der Waals surface area contributed by atoms with Crippen molar-refractivity contribution in [3.05, 3.63) is 29.6 Å². The molecule has 1 fully saturated rings. The summed E-state index contributed by atoms with van der Waals surface area (Å²) in [6, 6.07) is 1.38. The van der Waals surface area contributed by atoms with E-state index >= 15 is 0 Å². The predicted molar refractivity (Wildman–Crippen MR) is 78.9 cm³/mol. The van der Waals surface area contributed by atoms with E-state index in [1.165, 1.54) is 0 Å². The number of halogens is 3. The zero-order valence-corrected chi connectivity index (χ0v) is 12.6. The van der Waals surface area contributed by atoms with Crippen molar-refractivity contribution in [3.8, 4) is 0 Å². The number of hydrogen-bond donors (Lipinski definition) is 1. The Labute approximate surface area is 124 Å². The van der Waals surface area contributed by atoms with Crippen molar-refractivity contribution in [2.45, 2.75) is 39.2 Å². The fraction of sp³-hybridized carbons (Fsp3) is 0.625. The number of nitrogens with one attached hydrogen (secondary N) is 1. The van der Waals surface area contributed by atoms with Crippen molar-refractivity contribution in [2.24, 2.45) is 5.92 Å². The Hall–Kier alpha value is -1.23. The molecule has 0 radical (unpaired) electrons. The molecule has 5 heteroatoms. The van der Waals surface area contributed by atoms with Crippen LogP contribution in [0.15, 0.2) is 12.1 Å². The van der Waals surface area contributed by atoms with Crippen LogP contribution in [0.4, 0.5) is 18.9 Å². The SMILES string of the molecule is CCCN1CCC(C(C)Nc2c(F)cc(F)cc2F)CC1. The van der Waals surface area contributed by atoms with Gasteiger partial charge in [0.1, 0.15) is 11.5 Å². The van der Waals surface area contributed by atoms with E-state index in [0.717, 1.165) is 38.9 Å². The highest BCUT2D eigenvalue weighted by molar-refractivity contribution is 5.47. The summed E-state index contributed by atoms with van der Waals surface area (Å²) in [5.74, 6) is -2.26. The number of hydrogen-bond acceptors (Lipinski definition) is 2. The molecule has 0 aromatic heterocycles. The van der Waals surface area contributed by atoms with E-state index in [9.17, 15) is 13.2 Å². The van der Waals surface area contributed by atoms with E-state index in [-0.39, 0.29) is 11.7 Å². The highest BCUT2D eigenvalue weighted by Gasteiger charge is 2.25. The van der Waals surface area contributed by atoms with Crippen molar-refractivity contribution in [2.75, 3.05) is 25.0 Å². The number of nitrogens with zero attached hydrogens (tertiary/aromatic N) is 1. The topological polar surface area (TPSA) is 15.3 Å². The molecule has 1 unspecified atom stereocenters. The monoisotopic (exact) mass is 300 g/mol. The maximum atomic E-state index is 13.7. The van der Waals surface area contributed by atoms with Gasteiger partial charge in [-0.1, -0.05) is 6.92 Å². The van der Waals surface area contributed by atoms with Crippen molar-refractivity contribution < 1.29 is 13.2 Å². The molecule has 1 aromatic rings. The standard InChI is InChI=1S/C16H23F3N2/c1-3-6-21-7-4-12(5-8-21)11(2)20-16-14(18)9-13(17)10-15(16)19/h9-12,20H,3-8H2,1-2H3. The summed E-state index contributed by atoms with van der Waals surface area (Å²) in [5, 5.41) is 2.89. The number of piperidine rings is 1. The van der Waals surface area contributed by atoms with Crippen LogP contribution in [0.5, 0.6) is 0 Å². The summed E-state index contributed by atoms with van der Waals surface area (Å²) in [6.45, 7) is 7.26. The summed E-state index contributed by atoms with van der Waals surface area (Å²) < 4.78 is 40.2. The summed E-state index contributed by atoms with van der Waals surface area (Å²) in [4.78, 5) is 2.42. The van der Waals surface area contributed by atoms with Gasteiger partial charge in [0.2, 0.25) is 0 Å². The normalized spacial score (nSPS) is 18.7. The van der Waals surface area contributed by atoms with Crippen molar-refractivity contribution in [1.82, 2.24) is 4.90 Å². The lowest BCUT2D eigenvalue weighted by Gasteiger charge is -2.35. The van der Waals surface area contributed by atoms with Gasteiger partial charge in [0.05, 0.1) is 0 Å². The van der Waals surface area contributed by atoms with Crippen LogP contribution in [0.2, 0.25) is 0 Å². The molecule has 1 saturated heterocycles. The van der Waals surface area contributed by atoms with Crippen LogP contribution >= 0.6 is 0 Å². The second-order valence-electron chi connectivity index (χ2n) is 5.86. The smallest absolute Gasteiger partial charge is 0.152 e. The summed E-state index contributed by atoms with van der Waals surface area (Å²) in [7, 11) is 0. The molecule has 1 aliphatic rings.